The number of benzene rings is 1. The molecule has 2 heterocycles. The highest BCUT2D eigenvalue weighted by atomic mass is 79.9. The summed E-state index contributed by atoms with van der Waals surface area (Å²) >= 11 is 3.59. The first-order chi connectivity index (χ1) is 9.61. The van der Waals surface area contributed by atoms with Gasteiger partial charge < -0.3 is 10.5 Å². The molecule has 0 aliphatic carbocycles. The molecule has 0 fully saturated rings. The minimum absolute atomic E-state index is 0.395. The lowest BCUT2D eigenvalue weighted by Crippen LogP contribution is -2.03. The van der Waals surface area contributed by atoms with Crippen LogP contribution in [0.2, 0.25) is 0 Å². The Morgan fingerprint density at radius 2 is 2.00 bits per heavy atom. The van der Waals surface area contributed by atoms with E-state index in [4.69, 9.17) is 10.5 Å². The number of nitrogens with two attached hydrogens (primary N) is 1. The van der Waals surface area contributed by atoms with Crippen LogP contribution in [-0.2, 0) is 0 Å². The Balaban J connectivity index is 2.35. The van der Waals surface area contributed by atoms with E-state index in [2.05, 4.69) is 25.9 Å². The van der Waals surface area contributed by atoms with Gasteiger partial charge in [0.2, 0.25) is 11.8 Å². The van der Waals surface area contributed by atoms with Crippen LogP contribution in [0, 0.1) is 6.92 Å². The number of fused-ring (bicyclic) bond motifs is 1. The predicted octanol–water partition coefficient (Wildman–Crippen LogP) is 3.08. The van der Waals surface area contributed by atoms with Gasteiger partial charge in [-0.2, -0.15) is 4.98 Å². The molecule has 0 atom stereocenters. The van der Waals surface area contributed by atoms with E-state index in [1.54, 1.807) is 13.2 Å². The van der Waals surface area contributed by atoms with E-state index >= 15 is 0 Å². The van der Waals surface area contributed by atoms with Crippen molar-refractivity contribution in [3.8, 4) is 11.6 Å². The molecule has 0 aliphatic heterocycles. The van der Waals surface area contributed by atoms with Crippen LogP contribution in [-0.4, -0.2) is 21.6 Å². The molecule has 0 aliphatic rings. The number of rotatable bonds is 2. The fraction of sp³-hybridized carbons (Fsp3) is 0.143. The number of halogens is 1. The van der Waals surface area contributed by atoms with Gasteiger partial charge in [-0.15, -0.1) is 0 Å². The molecule has 0 radical (unpaired) electrons. The van der Waals surface area contributed by atoms with Crippen molar-refractivity contribution in [1.82, 2.24) is 14.5 Å². The van der Waals surface area contributed by atoms with E-state index in [0.29, 0.717) is 17.5 Å². The average Bonchev–Trinajstić information content (AvgIpc) is 2.77. The maximum absolute atomic E-state index is 6.05. The first kappa shape index (κ1) is 12.9. The Labute approximate surface area is 124 Å². The molecule has 2 N–H and O–H groups in total. The second-order valence-corrected chi connectivity index (χ2v) is 5.20. The van der Waals surface area contributed by atoms with Crippen LogP contribution in [0.3, 0.4) is 0 Å². The monoisotopic (exact) mass is 332 g/mol. The number of nitrogen functional groups attached to an aromatic ring is 1. The highest BCUT2D eigenvalue weighted by Gasteiger charge is 2.15. The summed E-state index contributed by atoms with van der Waals surface area (Å²) in [5.74, 6) is 0.925. The van der Waals surface area contributed by atoms with Gasteiger partial charge in [-0.1, -0.05) is 12.1 Å². The van der Waals surface area contributed by atoms with Crippen molar-refractivity contribution in [2.75, 3.05) is 12.8 Å². The lowest BCUT2D eigenvalue weighted by molar-refractivity contribution is 0.399. The number of methoxy groups -OCH3 is 1. The van der Waals surface area contributed by atoms with Crippen molar-refractivity contribution >= 4 is 33.0 Å². The summed E-state index contributed by atoms with van der Waals surface area (Å²) < 4.78 is 7.95. The maximum Gasteiger partial charge on any atom is 0.215 e. The van der Waals surface area contributed by atoms with Gasteiger partial charge in [0.15, 0.2) is 5.65 Å². The number of aryl methyl sites for hydroxylation is 1. The topological polar surface area (TPSA) is 66.0 Å². The first-order valence-electron chi connectivity index (χ1n) is 6.06. The number of ether oxygens (including phenoxy) is 1. The summed E-state index contributed by atoms with van der Waals surface area (Å²) in [5, 5.41) is 0. The van der Waals surface area contributed by atoms with Crippen molar-refractivity contribution in [2.24, 2.45) is 0 Å². The highest BCUT2D eigenvalue weighted by Crippen LogP contribution is 2.30. The van der Waals surface area contributed by atoms with Crippen LogP contribution < -0.4 is 10.5 Å². The molecule has 1 aromatic carbocycles. The Kier molecular flexibility index (Phi) is 3.10. The van der Waals surface area contributed by atoms with E-state index in [1.165, 1.54) is 0 Å². The zero-order valence-corrected chi connectivity index (χ0v) is 12.7. The van der Waals surface area contributed by atoms with Crippen molar-refractivity contribution < 1.29 is 4.74 Å². The zero-order chi connectivity index (χ0) is 14.3. The van der Waals surface area contributed by atoms with E-state index in [-0.39, 0.29) is 0 Å². The summed E-state index contributed by atoms with van der Waals surface area (Å²) in [6.45, 7) is 2.02. The molecule has 0 amide bonds. The van der Waals surface area contributed by atoms with Gasteiger partial charge in [0.25, 0.3) is 0 Å². The smallest absolute Gasteiger partial charge is 0.215 e. The molecule has 0 saturated heterocycles. The lowest BCUT2D eigenvalue weighted by Gasteiger charge is -2.10. The molecule has 0 spiro atoms. The largest absolute Gasteiger partial charge is 0.481 e. The summed E-state index contributed by atoms with van der Waals surface area (Å²) in [6, 6.07) is 9.58. The number of nitrogens with zero attached hydrogens (tertiary/aromatic N) is 3. The molecular formula is C14H13BrN4O. The third-order valence-corrected chi connectivity index (χ3v) is 4.16. The van der Waals surface area contributed by atoms with Crippen LogP contribution in [0.4, 0.5) is 5.95 Å². The maximum atomic E-state index is 6.05. The number of anilines is 1. The van der Waals surface area contributed by atoms with Gasteiger partial charge in [0.1, 0.15) is 5.52 Å². The van der Waals surface area contributed by atoms with Crippen molar-refractivity contribution in [2.45, 2.75) is 6.92 Å². The minimum atomic E-state index is 0.395. The van der Waals surface area contributed by atoms with Gasteiger partial charge in [-0.3, -0.25) is 4.57 Å². The minimum Gasteiger partial charge on any atom is -0.481 e. The van der Waals surface area contributed by atoms with Crippen molar-refractivity contribution in [3.63, 3.8) is 0 Å². The third-order valence-electron chi connectivity index (χ3n) is 3.13. The van der Waals surface area contributed by atoms with E-state index in [9.17, 15) is 0 Å². The zero-order valence-electron chi connectivity index (χ0n) is 11.1. The van der Waals surface area contributed by atoms with E-state index in [1.807, 2.05) is 35.8 Å². The van der Waals surface area contributed by atoms with Gasteiger partial charge in [0, 0.05) is 10.5 Å². The molecule has 0 bridgehead atoms. The van der Waals surface area contributed by atoms with E-state index < -0.39 is 0 Å². The lowest BCUT2D eigenvalue weighted by atomic mass is 10.2. The second-order valence-electron chi connectivity index (χ2n) is 4.41. The standard InChI is InChI=1S/C14H13BrN4O/c1-8-4-3-5-10(12(8)15)19-13-9(17-14(19)16)6-7-11(18-13)20-2/h3-7H,1-2H3,(H2,16,17). The molecule has 6 heteroatoms. The average molecular weight is 333 g/mol. The molecule has 0 unspecified atom stereocenters. The number of aromatic nitrogens is 3. The molecule has 5 nitrogen and oxygen atoms in total. The van der Waals surface area contributed by atoms with Crippen LogP contribution in [0.1, 0.15) is 5.56 Å². The first-order valence-corrected chi connectivity index (χ1v) is 6.85. The highest BCUT2D eigenvalue weighted by molar-refractivity contribution is 9.10. The Morgan fingerprint density at radius 1 is 1.20 bits per heavy atom. The fourth-order valence-electron chi connectivity index (χ4n) is 2.11. The fourth-order valence-corrected chi connectivity index (χ4v) is 2.55. The van der Waals surface area contributed by atoms with Crippen molar-refractivity contribution in [1.29, 1.82) is 0 Å². The SMILES string of the molecule is COc1ccc2nc(N)n(-c3cccc(C)c3Br)c2n1. The number of imidazole rings is 1. The molecule has 0 saturated carbocycles. The van der Waals surface area contributed by atoms with E-state index in [0.717, 1.165) is 21.2 Å². The summed E-state index contributed by atoms with van der Waals surface area (Å²) in [7, 11) is 1.58. The third kappa shape index (κ3) is 1.92. The Morgan fingerprint density at radius 3 is 2.75 bits per heavy atom. The molecule has 102 valence electrons. The Bertz CT molecular complexity index is 797. The van der Waals surface area contributed by atoms with Crippen molar-refractivity contribution in [3.05, 3.63) is 40.4 Å². The van der Waals surface area contributed by atoms with Gasteiger partial charge in [0.05, 0.1) is 12.8 Å². The molecule has 3 aromatic rings. The molecule has 3 rings (SSSR count). The molecule has 2 aromatic heterocycles. The van der Waals surface area contributed by atoms with Crippen LogP contribution in [0.5, 0.6) is 5.88 Å². The second kappa shape index (κ2) is 4.79. The number of pyridine rings is 1. The quantitative estimate of drug-likeness (QED) is 0.783. The number of hydrogen-bond acceptors (Lipinski definition) is 4. The Hall–Kier alpha value is -2.08. The normalized spacial score (nSPS) is 10.9. The van der Waals surface area contributed by atoms with Gasteiger partial charge in [-0.25, -0.2) is 4.98 Å². The van der Waals surface area contributed by atoms with Crippen LogP contribution in [0.15, 0.2) is 34.8 Å². The summed E-state index contributed by atoms with van der Waals surface area (Å²) in [4.78, 5) is 8.78. The predicted molar refractivity (Wildman–Crippen MR) is 82.3 cm³/mol. The molecular weight excluding hydrogens is 320 g/mol. The summed E-state index contributed by atoms with van der Waals surface area (Å²) in [5.41, 5.74) is 9.48. The van der Waals surface area contributed by atoms with Gasteiger partial charge in [-0.05, 0) is 40.5 Å². The van der Waals surface area contributed by atoms with Crippen LogP contribution in [0.25, 0.3) is 16.9 Å². The number of hydrogen-bond donors (Lipinski definition) is 1. The summed E-state index contributed by atoms with van der Waals surface area (Å²) in [6.07, 6.45) is 0. The molecule has 20 heavy (non-hydrogen) atoms. The van der Waals surface area contributed by atoms with Gasteiger partial charge >= 0.3 is 0 Å². The van der Waals surface area contributed by atoms with Crippen LogP contribution >= 0.6 is 15.9 Å².